The minimum absolute atomic E-state index is 0.0999. The molecule has 1 atom stereocenters. The second kappa shape index (κ2) is 7.07. The van der Waals surface area contributed by atoms with Gasteiger partial charge in [-0.1, -0.05) is 53.5 Å². The molecule has 0 aliphatic carbocycles. The quantitative estimate of drug-likeness (QED) is 0.857. The Kier molecular flexibility index (Phi) is 5.41. The Hall–Kier alpha value is -1.09. The van der Waals surface area contributed by atoms with Crippen molar-refractivity contribution in [2.24, 2.45) is 0 Å². The predicted octanol–water partition coefficient (Wildman–Crippen LogP) is 4.51. The van der Waals surface area contributed by atoms with E-state index in [0.29, 0.717) is 12.0 Å². The van der Waals surface area contributed by atoms with Gasteiger partial charge in [0.25, 0.3) is 0 Å². The first kappa shape index (κ1) is 15.3. The van der Waals surface area contributed by atoms with Gasteiger partial charge in [0.05, 0.1) is 5.02 Å². The molecule has 1 nitrogen and oxygen atoms in total. The molecule has 0 aromatic heterocycles. The topological polar surface area (TPSA) is 12.0 Å². The summed E-state index contributed by atoms with van der Waals surface area (Å²) in [6, 6.07) is 12.9. The van der Waals surface area contributed by atoms with Crippen LogP contribution in [0.3, 0.4) is 0 Å². The van der Waals surface area contributed by atoms with Gasteiger partial charge in [-0.2, -0.15) is 0 Å². The summed E-state index contributed by atoms with van der Waals surface area (Å²) in [6.07, 6.45) is 1.30. The lowest BCUT2D eigenvalue weighted by Gasteiger charge is -2.17. The van der Waals surface area contributed by atoms with Gasteiger partial charge >= 0.3 is 0 Å². The van der Waals surface area contributed by atoms with Crippen LogP contribution in [0.1, 0.15) is 11.1 Å². The van der Waals surface area contributed by atoms with Crippen LogP contribution in [0.2, 0.25) is 10.0 Å². The highest BCUT2D eigenvalue weighted by molar-refractivity contribution is 6.31. The zero-order valence-corrected chi connectivity index (χ0v) is 12.7. The minimum Gasteiger partial charge on any atom is -0.316 e. The Morgan fingerprint density at radius 1 is 0.950 bits per heavy atom. The molecule has 2 rings (SSSR count). The van der Waals surface area contributed by atoms with Crippen molar-refractivity contribution >= 4 is 23.2 Å². The van der Waals surface area contributed by atoms with Crippen molar-refractivity contribution in [2.75, 3.05) is 7.05 Å². The number of benzene rings is 2. The number of nitrogens with one attached hydrogen (secondary N) is 1. The van der Waals surface area contributed by atoms with Crippen LogP contribution in [0.4, 0.5) is 4.39 Å². The number of rotatable bonds is 5. The number of hydrogen-bond acceptors (Lipinski definition) is 1. The summed E-state index contributed by atoms with van der Waals surface area (Å²) in [4.78, 5) is 0. The molecule has 0 bridgehead atoms. The van der Waals surface area contributed by atoms with Gasteiger partial charge in [-0.05, 0) is 43.1 Å². The number of hydrogen-bond donors (Lipinski definition) is 1. The van der Waals surface area contributed by atoms with Crippen LogP contribution in [-0.2, 0) is 12.8 Å². The molecule has 0 aliphatic heterocycles. The van der Waals surface area contributed by atoms with Crippen LogP contribution in [-0.4, -0.2) is 13.1 Å². The van der Waals surface area contributed by atoms with Gasteiger partial charge in [0, 0.05) is 11.1 Å². The number of halogens is 3. The fraction of sp³-hybridized carbons (Fsp3) is 0.250. The van der Waals surface area contributed by atoms with E-state index in [2.05, 4.69) is 5.32 Å². The SMILES string of the molecule is CNC(Cc1ccccc1Cl)Cc1cccc(Cl)c1F. The molecular formula is C16H16Cl2FN. The fourth-order valence-electron chi connectivity index (χ4n) is 2.18. The highest BCUT2D eigenvalue weighted by Gasteiger charge is 2.14. The maximum Gasteiger partial charge on any atom is 0.145 e. The largest absolute Gasteiger partial charge is 0.316 e. The molecule has 1 N–H and O–H groups in total. The highest BCUT2D eigenvalue weighted by Crippen LogP contribution is 2.21. The van der Waals surface area contributed by atoms with Crippen LogP contribution >= 0.6 is 23.2 Å². The molecule has 0 saturated heterocycles. The van der Waals surface area contributed by atoms with Gasteiger partial charge < -0.3 is 5.32 Å². The lowest BCUT2D eigenvalue weighted by Crippen LogP contribution is -2.30. The molecule has 0 aliphatic rings. The van der Waals surface area contributed by atoms with Gasteiger partial charge in [0.2, 0.25) is 0 Å². The standard InChI is InChI=1S/C16H16Cl2FN/c1-20-13(9-11-5-2-3-7-14(11)17)10-12-6-4-8-15(18)16(12)19/h2-8,13,20H,9-10H2,1H3. The van der Waals surface area contributed by atoms with Crippen LogP contribution < -0.4 is 5.32 Å². The summed E-state index contributed by atoms with van der Waals surface area (Å²) in [6.45, 7) is 0. The summed E-state index contributed by atoms with van der Waals surface area (Å²) < 4.78 is 13.9. The normalized spacial score (nSPS) is 12.4. The molecule has 2 aromatic carbocycles. The number of likely N-dealkylation sites (N-methyl/N-ethyl adjacent to an activating group) is 1. The molecule has 4 heteroatoms. The molecular weight excluding hydrogens is 296 g/mol. The first-order chi connectivity index (χ1) is 9.61. The van der Waals surface area contributed by atoms with Crippen molar-refractivity contribution in [1.82, 2.24) is 5.32 Å². The van der Waals surface area contributed by atoms with E-state index in [1.165, 1.54) is 0 Å². The lowest BCUT2D eigenvalue weighted by atomic mass is 9.99. The smallest absolute Gasteiger partial charge is 0.145 e. The van der Waals surface area contributed by atoms with E-state index >= 15 is 0 Å². The van der Waals surface area contributed by atoms with Crippen molar-refractivity contribution in [2.45, 2.75) is 18.9 Å². The van der Waals surface area contributed by atoms with E-state index < -0.39 is 0 Å². The Morgan fingerprint density at radius 2 is 1.55 bits per heavy atom. The molecule has 1 unspecified atom stereocenters. The van der Waals surface area contributed by atoms with E-state index in [4.69, 9.17) is 23.2 Å². The van der Waals surface area contributed by atoms with Crippen LogP contribution in [0, 0.1) is 5.82 Å². The third-order valence-corrected chi connectivity index (χ3v) is 3.99. The molecule has 0 fully saturated rings. The molecule has 0 amide bonds. The molecule has 0 saturated carbocycles. The van der Waals surface area contributed by atoms with Gasteiger partial charge in [-0.15, -0.1) is 0 Å². The lowest BCUT2D eigenvalue weighted by molar-refractivity contribution is 0.532. The Labute approximate surface area is 128 Å². The Bertz CT molecular complexity index is 586. The van der Waals surface area contributed by atoms with E-state index in [-0.39, 0.29) is 16.9 Å². The first-order valence-electron chi connectivity index (χ1n) is 6.45. The third kappa shape index (κ3) is 3.72. The minimum atomic E-state index is -0.339. The molecule has 2 aromatic rings. The van der Waals surface area contributed by atoms with E-state index in [9.17, 15) is 4.39 Å². The van der Waals surface area contributed by atoms with E-state index in [0.717, 1.165) is 17.0 Å². The van der Waals surface area contributed by atoms with Crippen LogP contribution in [0.5, 0.6) is 0 Å². The third-order valence-electron chi connectivity index (χ3n) is 3.33. The second-order valence-corrected chi connectivity index (χ2v) is 5.51. The maximum absolute atomic E-state index is 13.9. The van der Waals surface area contributed by atoms with Crippen molar-refractivity contribution in [3.63, 3.8) is 0 Å². The molecule has 0 radical (unpaired) electrons. The van der Waals surface area contributed by atoms with Gasteiger partial charge in [0.15, 0.2) is 0 Å². The van der Waals surface area contributed by atoms with Crippen LogP contribution in [0.15, 0.2) is 42.5 Å². The Morgan fingerprint density at radius 3 is 2.25 bits per heavy atom. The zero-order valence-electron chi connectivity index (χ0n) is 11.2. The van der Waals surface area contributed by atoms with E-state index in [1.807, 2.05) is 31.3 Å². The monoisotopic (exact) mass is 311 g/mol. The zero-order chi connectivity index (χ0) is 14.5. The fourth-order valence-corrected chi connectivity index (χ4v) is 2.58. The maximum atomic E-state index is 13.9. The molecule has 0 spiro atoms. The highest BCUT2D eigenvalue weighted by atomic mass is 35.5. The van der Waals surface area contributed by atoms with Gasteiger partial charge in [-0.3, -0.25) is 0 Å². The molecule has 106 valence electrons. The van der Waals surface area contributed by atoms with Gasteiger partial charge in [-0.25, -0.2) is 4.39 Å². The van der Waals surface area contributed by atoms with Crippen LogP contribution in [0.25, 0.3) is 0 Å². The predicted molar refractivity (Wildman–Crippen MR) is 83.1 cm³/mol. The Balaban J connectivity index is 2.14. The van der Waals surface area contributed by atoms with E-state index in [1.54, 1.807) is 18.2 Å². The average molecular weight is 312 g/mol. The second-order valence-electron chi connectivity index (χ2n) is 4.70. The first-order valence-corrected chi connectivity index (χ1v) is 7.21. The molecule has 20 heavy (non-hydrogen) atoms. The summed E-state index contributed by atoms with van der Waals surface area (Å²) >= 11 is 12.0. The summed E-state index contributed by atoms with van der Waals surface area (Å²) in [7, 11) is 1.87. The van der Waals surface area contributed by atoms with Crippen molar-refractivity contribution < 1.29 is 4.39 Å². The summed E-state index contributed by atoms with van der Waals surface area (Å²) in [5.74, 6) is -0.339. The van der Waals surface area contributed by atoms with Crippen molar-refractivity contribution in [3.05, 3.63) is 69.5 Å². The molecule has 0 heterocycles. The summed E-state index contributed by atoms with van der Waals surface area (Å²) in [5.41, 5.74) is 1.67. The van der Waals surface area contributed by atoms with Crippen molar-refractivity contribution in [1.29, 1.82) is 0 Å². The van der Waals surface area contributed by atoms with Crippen molar-refractivity contribution in [3.8, 4) is 0 Å². The van der Waals surface area contributed by atoms with Gasteiger partial charge in [0.1, 0.15) is 5.82 Å². The average Bonchev–Trinajstić information content (AvgIpc) is 2.45. The summed E-state index contributed by atoms with van der Waals surface area (Å²) in [5, 5.41) is 4.10.